The van der Waals surface area contributed by atoms with E-state index in [1.165, 1.54) is 13.4 Å². The number of alkyl halides is 2. The van der Waals surface area contributed by atoms with Crippen LogP contribution in [-0.4, -0.2) is 59.3 Å². The second kappa shape index (κ2) is 8.97. The molecule has 1 aliphatic heterocycles. The van der Waals surface area contributed by atoms with Crippen molar-refractivity contribution in [3.8, 4) is 17.4 Å². The second-order valence-electron chi connectivity index (χ2n) is 7.59. The van der Waals surface area contributed by atoms with E-state index in [1.807, 2.05) is 24.3 Å². The van der Waals surface area contributed by atoms with Crippen LogP contribution in [0.3, 0.4) is 0 Å². The molecule has 5 rings (SSSR count). The molecule has 2 aromatic heterocycles. The number of nitrogens with zero attached hydrogens (tertiary/aromatic N) is 5. The van der Waals surface area contributed by atoms with E-state index in [4.69, 9.17) is 14.2 Å². The fourth-order valence-electron chi connectivity index (χ4n) is 3.91. The largest absolute Gasteiger partial charge is 0.493 e. The predicted molar refractivity (Wildman–Crippen MR) is 118 cm³/mol. The zero-order chi connectivity index (χ0) is 22.8. The molecule has 0 spiro atoms. The van der Waals surface area contributed by atoms with Crippen molar-refractivity contribution in [3.05, 3.63) is 48.9 Å². The molecular formula is C23H21F2N5O3. The fraction of sp³-hybridized carbons (Fsp3) is 0.304. The van der Waals surface area contributed by atoms with Crippen LogP contribution >= 0.6 is 0 Å². The summed E-state index contributed by atoms with van der Waals surface area (Å²) in [6.07, 6.45) is 1.20. The molecule has 33 heavy (non-hydrogen) atoms. The third kappa shape index (κ3) is 4.41. The molecule has 3 heterocycles. The van der Waals surface area contributed by atoms with Gasteiger partial charge < -0.3 is 19.1 Å². The molecule has 0 saturated carbocycles. The highest BCUT2D eigenvalue weighted by Crippen LogP contribution is 2.36. The number of aromatic nitrogens is 4. The number of halogens is 2. The lowest BCUT2D eigenvalue weighted by molar-refractivity contribution is 0.0805. The molecule has 1 fully saturated rings. The number of ether oxygens (including phenoxy) is 3. The van der Waals surface area contributed by atoms with Crippen LogP contribution in [-0.2, 0) is 0 Å². The number of rotatable bonds is 7. The van der Waals surface area contributed by atoms with Gasteiger partial charge in [-0.15, -0.1) is 0 Å². The lowest BCUT2D eigenvalue weighted by Crippen LogP contribution is -2.25. The van der Waals surface area contributed by atoms with Crippen molar-refractivity contribution in [3.63, 3.8) is 0 Å². The summed E-state index contributed by atoms with van der Waals surface area (Å²) in [5.74, 6) is 1.76. The zero-order valence-electron chi connectivity index (χ0n) is 17.8. The van der Waals surface area contributed by atoms with E-state index < -0.39 is 13.0 Å². The van der Waals surface area contributed by atoms with E-state index in [-0.39, 0.29) is 11.9 Å². The first-order valence-electron chi connectivity index (χ1n) is 10.5. The van der Waals surface area contributed by atoms with Gasteiger partial charge in [-0.1, -0.05) is 12.1 Å². The van der Waals surface area contributed by atoms with Gasteiger partial charge in [0.2, 0.25) is 5.88 Å². The lowest BCUT2D eigenvalue weighted by atomic mass is 10.2. The normalized spacial score (nSPS) is 16.0. The van der Waals surface area contributed by atoms with Crippen molar-refractivity contribution in [1.82, 2.24) is 19.9 Å². The third-order valence-corrected chi connectivity index (χ3v) is 5.42. The number of benzene rings is 2. The van der Waals surface area contributed by atoms with E-state index in [2.05, 4.69) is 24.8 Å². The predicted octanol–water partition coefficient (Wildman–Crippen LogP) is 3.88. The standard InChI is InChI=1S/C23H21F2N5O3/c1-31-19-8-15-18(9-20(19)32-12-21(24)25)27-13-28-23(15)30-7-6-14(11-30)33-22-10-26-16-4-2-3-5-17(16)29-22/h2-5,8-10,13-14,21H,6-7,11-12H2,1H3/t14-/m1/s1. The monoisotopic (exact) mass is 453 g/mol. The first kappa shape index (κ1) is 21.0. The summed E-state index contributed by atoms with van der Waals surface area (Å²) in [5.41, 5.74) is 2.18. The van der Waals surface area contributed by atoms with Crippen LogP contribution in [0.4, 0.5) is 14.6 Å². The highest BCUT2D eigenvalue weighted by molar-refractivity contribution is 5.92. The number of fused-ring (bicyclic) bond motifs is 2. The zero-order valence-corrected chi connectivity index (χ0v) is 17.8. The first-order valence-corrected chi connectivity index (χ1v) is 10.5. The van der Waals surface area contributed by atoms with Gasteiger partial charge in [0, 0.05) is 24.4 Å². The summed E-state index contributed by atoms with van der Waals surface area (Å²) in [7, 11) is 1.46. The lowest BCUT2D eigenvalue weighted by Gasteiger charge is -2.20. The molecule has 10 heteroatoms. The van der Waals surface area contributed by atoms with Crippen LogP contribution < -0.4 is 19.1 Å². The Kier molecular flexibility index (Phi) is 5.72. The Hall–Kier alpha value is -3.82. The number of hydrogen-bond donors (Lipinski definition) is 0. The minimum absolute atomic E-state index is 0.0824. The Morgan fingerprint density at radius 2 is 1.91 bits per heavy atom. The molecule has 0 radical (unpaired) electrons. The highest BCUT2D eigenvalue weighted by Gasteiger charge is 2.27. The Morgan fingerprint density at radius 3 is 2.73 bits per heavy atom. The summed E-state index contributed by atoms with van der Waals surface area (Å²) in [6.45, 7) is 0.610. The van der Waals surface area contributed by atoms with Gasteiger partial charge in [0.05, 0.1) is 36.4 Å². The fourth-order valence-corrected chi connectivity index (χ4v) is 3.91. The van der Waals surface area contributed by atoms with Gasteiger partial charge in [0.1, 0.15) is 24.9 Å². The number of hydrogen-bond acceptors (Lipinski definition) is 8. The summed E-state index contributed by atoms with van der Waals surface area (Å²) < 4.78 is 41.8. The molecule has 1 atom stereocenters. The Balaban J connectivity index is 1.36. The quantitative estimate of drug-likeness (QED) is 0.417. The van der Waals surface area contributed by atoms with Crippen molar-refractivity contribution in [2.45, 2.75) is 19.0 Å². The van der Waals surface area contributed by atoms with E-state index in [1.54, 1.807) is 18.3 Å². The van der Waals surface area contributed by atoms with Gasteiger partial charge in [-0.25, -0.2) is 28.7 Å². The smallest absolute Gasteiger partial charge is 0.272 e. The van der Waals surface area contributed by atoms with Gasteiger partial charge in [0.15, 0.2) is 11.5 Å². The van der Waals surface area contributed by atoms with Gasteiger partial charge in [-0.2, -0.15) is 0 Å². The van der Waals surface area contributed by atoms with Gasteiger partial charge in [0.25, 0.3) is 6.43 Å². The summed E-state index contributed by atoms with van der Waals surface area (Å²) >= 11 is 0. The Labute approximate surface area is 188 Å². The SMILES string of the molecule is COc1cc2c(N3CC[C@@H](Oc4cnc5ccccc5n4)C3)ncnc2cc1OCC(F)F. The number of anilines is 1. The van der Waals surface area contributed by atoms with Crippen molar-refractivity contribution in [2.75, 3.05) is 31.7 Å². The average molecular weight is 453 g/mol. The van der Waals surface area contributed by atoms with Crippen molar-refractivity contribution < 1.29 is 23.0 Å². The molecule has 1 aliphatic rings. The minimum atomic E-state index is -2.58. The first-order chi connectivity index (χ1) is 16.1. The molecule has 0 N–H and O–H groups in total. The van der Waals surface area contributed by atoms with Crippen molar-refractivity contribution >= 4 is 27.8 Å². The summed E-state index contributed by atoms with van der Waals surface area (Å²) in [5, 5.41) is 0.741. The summed E-state index contributed by atoms with van der Waals surface area (Å²) in [6, 6.07) is 10.9. The van der Waals surface area contributed by atoms with Crippen molar-refractivity contribution in [2.24, 2.45) is 0 Å². The maximum absolute atomic E-state index is 12.6. The van der Waals surface area contributed by atoms with Gasteiger partial charge in [-0.3, -0.25) is 0 Å². The minimum Gasteiger partial charge on any atom is -0.493 e. The maximum atomic E-state index is 12.6. The Morgan fingerprint density at radius 1 is 1.06 bits per heavy atom. The molecule has 1 saturated heterocycles. The average Bonchev–Trinajstić information content (AvgIpc) is 3.29. The molecule has 0 aliphatic carbocycles. The number of para-hydroxylation sites is 2. The van der Waals surface area contributed by atoms with E-state index >= 15 is 0 Å². The van der Waals surface area contributed by atoms with E-state index in [0.717, 1.165) is 35.2 Å². The van der Waals surface area contributed by atoms with Crippen LogP contribution in [0.15, 0.2) is 48.9 Å². The van der Waals surface area contributed by atoms with Crippen LogP contribution in [0.25, 0.3) is 21.9 Å². The highest BCUT2D eigenvalue weighted by atomic mass is 19.3. The Bertz CT molecular complexity index is 1290. The second-order valence-corrected chi connectivity index (χ2v) is 7.59. The van der Waals surface area contributed by atoms with Crippen LogP contribution in [0, 0.1) is 0 Å². The maximum Gasteiger partial charge on any atom is 0.272 e. The number of methoxy groups -OCH3 is 1. The van der Waals surface area contributed by atoms with E-state index in [9.17, 15) is 8.78 Å². The molecule has 0 unspecified atom stereocenters. The topological polar surface area (TPSA) is 82.5 Å². The van der Waals surface area contributed by atoms with Gasteiger partial charge in [-0.05, 0) is 18.2 Å². The molecule has 170 valence electrons. The van der Waals surface area contributed by atoms with Crippen molar-refractivity contribution in [1.29, 1.82) is 0 Å². The molecule has 8 nitrogen and oxygen atoms in total. The molecule has 0 amide bonds. The molecule has 0 bridgehead atoms. The third-order valence-electron chi connectivity index (χ3n) is 5.42. The molecular weight excluding hydrogens is 432 g/mol. The van der Waals surface area contributed by atoms with Gasteiger partial charge >= 0.3 is 0 Å². The van der Waals surface area contributed by atoms with Crippen LogP contribution in [0.1, 0.15) is 6.42 Å². The summed E-state index contributed by atoms with van der Waals surface area (Å²) in [4.78, 5) is 19.8. The molecule has 2 aromatic carbocycles. The molecule has 4 aromatic rings. The van der Waals surface area contributed by atoms with Crippen LogP contribution in [0.5, 0.6) is 17.4 Å². The van der Waals surface area contributed by atoms with E-state index in [0.29, 0.717) is 23.7 Å². The van der Waals surface area contributed by atoms with Crippen LogP contribution in [0.2, 0.25) is 0 Å².